The summed E-state index contributed by atoms with van der Waals surface area (Å²) in [5, 5.41) is 9.80. The highest BCUT2D eigenvalue weighted by atomic mass is 32.2. The number of rotatable bonds is 7. The van der Waals surface area contributed by atoms with Crippen molar-refractivity contribution in [1.29, 1.82) is 0 Å². The lowest BCUT2D eigenvalue weighted by Gasteiger charge is -2.30. The second-order valence-electron chi connectivity index (χ2n) is 6.94. The quantitative estimate of drug-likeness (QED) is 0.662. The Balaban J connectivity index is 1.64. The molecule has 0 N–H and O–H groups in total. The molecule has 9 heteroatoms. The first kappa shape index (κ1) is 19.1. The van der Waals surface area contributed by atoms with Crippen LogP contribution in [0.2, 0.25) is 0 Å². The van der Waals surface area contributed by atoms with E-state index in [0.29, 0.717) is 13.1 Å². The molecule has 3 rings (SSSR count). The average Bonchev–Trinajstić information content (AvgIpc) is 3.23. The van der Waals surface area contributed by atoms with Crippen molar-refractivity contribution in [3.05, 3.63) is 5.82 Å². The van der Waals surface area contributed by atoms with Crippen molar-refractivity contribution in [3.63, 3.8) is 0 Å². The van der Waals surface area contributed by atoms with E-state index < -0.39 is 10.0 Å². The molecule has 1 atom stereocenters. The third-order valence-electron chi connectivity index (χ3n) is 5.12. The molecule has 0 amide bonds. The van der Waals surface area contributed by atoms with Crippen LogP contribution in [0.15, 0.2) is 5.16 Å². The molecule has 1 aromatic heterocycles. The molecular weight excluding hydrogens is 358 g/mol. The summed E-state index contributed by atoms with van der Waals surface area (Å²) in [7, 11) is -3.14. The predicted octanol–water partition coefficient (Wildman–Crippen LogP) is 1.62. The SMILES string of the molecule is CCn1c(SCCN2CCCC2)nnc1[C@H]1CCCN(S(C)(=O)=O)C1. The molecular formula is C16H29N5O2S2. The molecule has 2 aliphatic heterocycles. The maximum Gasteiger partial charge on any atom is 0.211 e. The van der Waals surface area contributed by atoms with E-state index >= 15 is 0 Å². The van der Waals surface area contributed by atoms with Crippen molar-refractivity contribution < 1.29 is 8.42 Å². The van der Waals surface area contributed by atoms with E-state index in [4.69, 9.17) is 0 Å². The van der Waals surface area contributed by atoms with E-state index in [9.17, 15) is 8.42 Å². The number of nitrogens with zero attached hydrogens (tertiary/aromatic N) is 5. The fourth-order valence-corrected chi connectivity index (χ4v) is 5.65. The van der Waals surface area contributed by atoms with Crippen molar-refractivity contribution in [1.82, 2.24) is 24.0 Å². The average molecular weight is 388 g/mol. The minimum atomic E-state index is -3.14. The third kappa shape index (κ3) is 4.75. The lowest BCUT2D eigenvalue weighted by molar-refractivity contribution is 0.305. The molecule has 1 aromatic rings. The Morgan fingerprint density at radius 3 is 2.60 bits per heavy atom. The Bertz CT molecular complexity index is 670. The largest absolute Gasteiger partial charge is 0.306 e. The minimum Gasteiger partial charge on any atom is -0.306 e. The van der Waals surface area contributed by atoms with Crippen molar-refractivity contribution in [2.24, 2.45) is 0 Å². The molecule has 0 radical (unpaired) electrons. The van der Waals surface area contributed by atoms with Crippen LogP contribution in [0, 0.1) is 0 Å². The fourth-order valence-electron chi connectivity index (χ4n) is 3.73. The highest BCUT2D eigenvalue weighted by Crippen LogP contribution is 2.29. The first-order chi connectivity index (χ1) is 12.0. The van der Waals surface area contributed by atoms with Gasteiger partial charge in [0.25, 0.3) is 0 Å². The van der Waals surface area contributed by atoms with Crippen LogP contribution >= 0.6 is 11.8 Å². The monoisotopic (exact) mass is 387 g/mol. The van der Waals surface area contributed by atoms with Crippen LogP contribution in [-0.2, 0) is 16.6 Å². The van der Waals surface area contributed by atoms with Crippen LogP contribution < -0.4 is 0 Å². The first-order valence-corrected chi connectivity index (χ1v) is 12.1. The van der Waals surface area contributed by atoms with Gasteiger partial charge in [-0.05, 0) is 45.7 Å². The smallest absolute Gasteiger partial charge is 0.211 e. The number of sulfonamides is 1. The predicted molar refractivity (Wildman–Crippen MR) is 100 cm³/mol. The molecule has 0 bridgehead atoms. The van der Waals surface area contributed by atoms with Gasteiger partial charge in [-0.25, -0.2) is 12.7 Å². The van der Waals surface area contributed by atoms with Crippen LogP contribution in [-0.4, -0.2) is 77.1 Å². The molecule has 2 saturated heterocycles. The van der Waals surface area contributed by atoms with Crippen LogP contribution in [0.25, 0.3) is 0 Å². The fraction of sp³-hybridized carbons (Fsp3) is 0.875. The summed E-state index contributed by atoms with van der Waals surface area (Å²) in [4.78, 5) is 2.51. The van der Waals surface area contributed by atoms with E-state index in [1.807, 2.05) is 0 Å². The number of hydrogen-bond acceptors (Lipinski definition) is 6. The van der Waals surface area contributed by atoms with Gasteiger partial charge in [-0.2, -0.15) is 0 Å². The van der Waals surface area contributed by atoms with Crippen molar-refractivity contribution in [2.45, 2.75) is 50.2 Å². The molecule has 0 saturated carbocycles. The van der Waals surface area contributed by atoms with Crippen LogP contribution in [0.1, 0.15) is 44.3 Å². The van der Waals surface area contributed by atoms with E-state index in [-0.39, 0.29) is 5.92 Å². The number of piperidine rings is 1. The lowest BCUT2D eigenvalue weighted by atomic mass is 9.99. The Morgan fingerprint density at radius 2 is 1.92 bits per heavy atom. The van der Waals surface area contributed by atoms with Crippen LogP contribution in [0.5, 0.6) is 0 Å². The van der Waals surface area contributed by atoms with Gasteiger partial charge in [-0.1, -0.05) is 11.8 Å². The second-order valence-corrected chi connectivity index (χ2v) is 9.99. The van der Waals surface area contributed by atoms with Gasteiger partial charge in [-0.15, -0.1) is 10.2 Å². The molecule has 3 heterocycles. The zero-order chi connectivity index (χ0) is 17.9. The topological polar surface area (TPSA) is 71.3 Å². The zero-order valence-electron chi connectivity index (χ0n) is 15.2. The lowest BCUT2D eigenvalue weighted by Crippen LogP contribution is -2.39. The molecule has 2 aliphatic rings. The van der Waals surface area contributed by atoms with Gasteiger partial charge in [0.05, 0.1) is 6.26 Å². The van der Waals surface area contributed by atoms with Gasteiger partial charge in [-0.3, -0.25) is 0 Å². The maximum absolute atomic E-state index is 11.9. The van der Waals surface area contributed by atoms with Crippen LogP contribution in [0.4, 0.5) is 0 Å². The van der Waals surface area contributed by atoms with Gasteiger partial charge >= 0.3 is 0 Å². The summed E-state index contributed by atoms with van der Waals surface area (Å²) in [5.74, 6) is 2.11. The molecule has 0 spiro atoms. The van der Waals surface area contributed by atoms with Gasteiger partial charge in [0.15, 0.2) is 5.16 Å². The maximum atomic E-state index is 11.9. The normalized spacial score (nSPS) is 23.4. The summed E-state index contributed by atoms with van der Waals surface area (Å²) >= 11 is 1.77. The molecule has 2 fully saturated rings. The summed E-state index contributed by atoms with van der Waals surface area (Å²) in [6.45, 7) is 7.61. The standard InChI is InChI=1S/C16H29N5O2S2/c1-3-21-15(14-7-6-10-20(13-14)25(2,22)23)17-18-16(21)24-12-11-19-8-4-5-9-19/h14H,3-13H2,1-2H3/t14-/m0/s1. The highest BCUT2D eigenvalue weighted by molar-refractivity contribution is 7.99. The molecule has 7 nitrogen and oxygen atoms in total. The first-order valence-electron chi connectivity index (χ1n) is 9.22. The summed E-state index contributed by atoms with van der Waals surface area (Å²) in [5.41, 5.74) is 0. The van der Waals surface area contributed by atoms with E-state index in [1.165, 1.54) is 32.2 Å². The highest BCUT2D eigenvalue weighted by Gasteiger charge is 2.30. The summed E-state index contributed by atoms with van der Waals surface area (Å²) in [6.07, 6.45) is 5.78. The number of aromatic nitrogens is 3. The molecule has 0 aromatic carbocycles. The number of hydrogen-bond donors (Lipinski definition) is 0. The van der Waals surface area contributed by atoms with Gasteiger partial charge < -0.3 is 9.47 Å². The van der Waals surface area contributed by atoms with Crippen molar-refractivity contribution in [2.75, 3.05) is 44.7 Å². The molecule has 142 valence electrons. The molecule has 25 heavy (non-hydrogen) atoms. The number of thioether (sulfide) groups is 1. The van der Waals surface area contributed by atoms with Crippen molar-refractivity contribution in [3.8, 4) is 0 Å². The third-order valence-corrected chi connectivity index (χ3v) is 7.33. The Hall–Kier alpha value is -0.640. The number of likely N-dealkylation sites (tertiary alicyclic amines) is 1. The Morgan fingerprint density at radius 1 is 1.16 bits per heavy atom. The summed E-state index contributed by atoms with van der Waals surface area (Å²) < 4.78 is 27.5. The Labute approximate surface area is 155 Å². The van der Waals surface area contributed by atoms with E-state index in [1.54, 1.807) is 16.1 Å². The van der Waals surface area contributed by atoms with Gasteiger partial charge in [0.2, 0.25) is 10.0 Å². The molecule has 0 aliphatic carbocycles. The minimum absolute atomic E-state index is 0.142. The van der Waals surface area contributed by atoms with E-state index in [2.05, 4.69) is 26.6 Å². The van der Waals surface area contributed by atoms with Gasteiger partial charge in [0.1, 0.15) is 5.82 Å². The van der Waals surface area contributed by atoms with Crippen molar-refractivity contribution >= 4 is 21.8 Å². The molecule has 0 unspecified atom stereocenters. The second kappa shape index (κ2) is 8.37. The van der Waals surface area contributed by atoms with Crippen LogP contribution in [0.3, 0.4) is 0 Å². The summed E-state index contributed by atoms with van der Waals surface area (Å²) in [6, 6.07) is 0. The van der Waals surface area contributed by atoms with Gasteiger partial charge in [0, 0.05) is 37.8 Å². The zero-order valence-corrected chi connectivity index (χ0v) is 16.9. The Kier molecular flexibility index (Phi) is 6.40. The van der Waals surface area contributed by atoms with E-state index in [0.717, 1.165) is 42.7 Å².